The van der Waals surface area contributed by atoms with Crippen molar-refractivity contribution in [1.29, 1.82) is 0 Å². The largest absolute Gasteiger partial charge is 0.468 e. The van der Waals surface area contributed by atoms with Crippen molar-refractivity contribution in [3.63, 3.8) is 0 Å². The highest BCUT2D eigenvalue weighted by atomic mass is 16.3. The Hall–Kier alpha value is -1.77. The molecular weight excluding hydrogens is 300 g/mol. The van der Waals surface area contributed by atoms with Crippen LogP contribution in [-0.4, -0.2) is 5.78 Å². The van der Waals surface area contributed by atoms with Gasteiger partial charge in [-0.05, 0) is 49.9 Å². The van der Waals surface area contributed by atoms with Gasteiger partial charge in [-0.2, -0.15) is 0 Å². The van der Waals surface area contributed by atoms with Gasteiger partial charge in [-0.3, -0.25) is 4.79 Å². The molecule has 0 aliphatic carbocycles. The molecule has 0 fully saturated rings. The van der Waals surface area contributed by atoms with E-state index >= 15 is 0 Å². The molecule has 2 rings (SSSR count). The van der Waals surface area contributed by atoms with Crippen molar-refractivity contribution in [1.82, 2.24) is 0 Å². The second kappa shape index (κ2) is 6.27. The second-order valence-electron chi connectivity index (χ2n) is 8.41. The van der Waals surface area contributed by atoms with E-state index in [-0.39, 0.29) is 16.6 Å². The predicted molar refractivity (Wildman–Crippen MR) is 96.7 cm³/mol. The zero-order valence-electron chi connectivity index (χ0n) is 16.3. The SMILES string of the molecule is Cc1coc(C(C)(C)CC(=O)CC(C)(C)c2occ(C)c2C)c1C. The number of hydrogen-bond acceptors (Lipinski definition) is 3. The summed E-state index contributed by atoms with van der Waals surface area (Å²) in [6, 6.07) is 0. The van der Waals surface area contributed by atoms with Crippen molar-refractivity contribution >= 4 is 5.78 Å². The molecule has 3 heteroatoms. The molecular formula is C21H30O3. The Labute approximate surface area is 145 Å². The first-order chi connectivity index (χ1) is 11.0. The Morgan fingerprint density at radius 1 is 0.792 bits per heavy atom. The van der Waals surface area contributed by atoms with Gasteiger partial charge >= 0.3 is 0 Å². The molecule has 0 unspecified atom stereocenters. The molecule has 0 amide bonds. The summed E-state index contributed by atoms with van der Waals surface area (Å²) >= 11 is 0. The first-order valence-electron chi connectivity index (χ1n) is 8.58. The number of carbonyl (C=O) groups excluding carboxylic acids is 1. The molecule has 3 nitrogen and oxygen atoms in total. The van der Waals surface area contributed by atoms with Gasteiger partial charge in [0, 0.05) is 23.7 Å². The summed E-state index contributed by atoms with van der Waals surface area (Å²) in [6.45, 7) is 16.5. The number of carbonyl (C=O) groups is 1. The highest BCUT2D eigenvalue weighted by molar-refractivity contribution is 5.81. The smallest absolute Gasteiger partial charge is 0.134 e. The molecule has 0 aromatic carbocycles. The van der Waals surface area contributed by atoms with Gasteiger partial charge < -0.3 is 8.83 Å². The Bertz CT molecular complexity index is 679. The number of Topliss-reactive ketones (excluding diaryl/α,β-unsaturated/α-hetero) is 1. The van der Waals surface area contributed by atoms with Gasteiger partial charge in [-0.25, -0.2) is 0 Å². The summed E-state index contributed by atoms with van der Waals surface area (Å²) in [6.07, 6.45) is 4.47. The molecule has 0 N–H and O–H groups in total. The topological polar surface area (TPSA) is 43.4 Å². The van der Waals surface area contributed by atoms with Crippen molar-refractivity contribution < 1.29 is 13.6 Å². The maximum Gasteiger partial charge on any atom is 0.134 e. The summed E-state index contributed by atoms with van der Waals surface area (Å²) in [7, 11) is 0. The maximum absolute atomic E-state index is 12.8. The molecule has 2 aromatic rings. The molecule has 24 heavy (non-hydrogen) atoms. The first-order valence-corrected chi connectivity index (χ1v) is 8.58. The van der Waals surface area contributed by atoms with Gasteiger partial charge in [-0.15, -0.1) is 0 Å². The van der Waals surface area contributed by atoms with E-state index < -0.39 is 0 Å². The third-order valence-corrected chi connectivity index (χ3v) is 5.08. The molecule has 132 valence electrons. The second-order valence-corrected chi connectivity index (χ2v) is 8.41. The number of rotatable bonds is 6. The minimum absolute atomic E-state index is 0.229. The van der Waals surface area contributed by atoms with Crippen molar-refractivity contribution in [2.45, 2.75) is 79.1 Å². The summed E-state index contributed by atoms with van der Waals surface area (Å²) in [5, 5.41) is 0. The van der Waals surface area contributed by atoms with Crippen LogP contribution in [-0.2, 0) is 15.6 Å². The average Bonchev–Trinajstić information content (AvgIpc) is 2.94. The lowest BCUT2D eigenvalue weighted by Gasteiger charge is -2.26. The van der Waals surface area contributed by atoms with E-state index in [4.69, 9.17) is 8.83 Å². The van der Waals surface area contributed by atoms with Gasteiger partial charge in [0.2, 0.25) is 0 Å². The Kier molecular flexibility index (Phi) is 4.85. The summed E-state index contributed by atoms with van der Waals surface area (Å²) in [5.41, 5.74) is 3.94. The Morgan fingerprint density at radius 2 is 1.12 bits per heavy atom. The first kappa shape index (κ1) is 18.6. The third-order valence-electron chi connectivity index (χ3n) is 5.08. The zero-order valence-corrected chi connectivity index (χ0v) is 16.3. The number of aryl methyl sites for hydroxylation is 2. The molecule has 2 aromatic heterocycles. The number of furan rings is 2. The molecule has 0 atom stereocenters. The number of ketones is 1. The normalized spacial score (nSPS) is 12.7. The molecule has 0 aliphatic heterocycles. The summed E-state index contributed by atoms with van der Waals surface area (Å²) in [5.74, 6) is 2.05. The van der Waals surface area contributed by atoms with Crippen LogP contribution in [0.5, 0.6) is 0 Å². The van der Waals surface area contributed by atoms with E-state index in [1.807, 2.05) is 13.8 Å². The fourth-order valence-corrected chi connectivity index (χ4v) is 3.55. The molecule has 0 radical (unpaired) electrons. The lowest BCUT2D eigenvalue weighted by molar-refractivity contribution is -0.121. The monoisotopic (exact) mass is 330 g/mol. The highest BCUT2D eigenvalue weighted by Crippen LogP contribution is 2.36. The van der Waals surface area contributed by atoms with Crippen molar-refractivity contribution in [3.05, 3.63) is 46.3 Å². The van der Waals surface area contributed by atoms with Gasteiger partial charge in [0.1, 0.15) is 17.3 Å². The molecule has 0 aliphatic rings. The lowest BCUT2D eigenvalue weighted by Crippen LogP contribution is -2.28. The zero-order chi connectivity index (χ0) is 18.3. The van der Waals surface area contributed by atoms with Gasteiger partial charge in [0.15, 0.2) is 0 Å². The fraction of sp³-hybridized carbons (Fsp3) is 0.571. The molecule has 0 bridgehead atoms. The van der Waals surface area contributed by atoms with Crippen LogP contribution < -0.4 is 0 Å². The highest BCUT2D eigenvalue weighted by Gasteiger charge is 2.34. The standard InChI is InChI=1S/C21H30O3/c1-13-11-23-18(15(13)3)20(5,6)9-17(22)10-21(7,8)19-16(4)14(2)12-24-19/h11-12H,9-10H2,1-8H3. The average molecular weight is 330 g/mol. The predicted octanol–water partition coefficient (Wildman–Crippen LogP) is 5.71. The molecule has 2 heterocycles. The van der Waals surface area contributed by atoms with E-state index in [1.165, 1.54) is 0 Å². The fourth-order valence-electron chi connectivity index (χ4n) is 3.55. The van der Waals surface area contributed by atoms with E-state index in [1.54, 1.807) is 12.5 Å². The third kappa shape index (κ3) is 3.50. The lowest BCUT2D eigenvalue weighted by atomic mass is 9.77. The van der Waals surface area contributed by atoms with Gasteiger partial charge in [0.25, 0.3) is 0 Å². The van der Waals surface area contributed by atoms with Crippen LogP contribution in [0.4, 0.5) is 0 Å². The summed E-state index contributed by atoms with van der Waals surface area (Å²) < 4.78 is 11.5. The molecule has 0 saturated heterocycles. The Morgan fingerprint density at radius 3 is 1.38 bits per heavy atom. The van der Waals surface area contributed by atoms with Crippen LogP contribution >= 0.6 is 0 Å². The Balaban J connectivity index is 2.15. The van der Waals surface area contributed by atoms with Crippen LogP contribution in [0, 0.1) is 27.7 Å². The van der Waals surface area contributed by atoms with Crippen LogP contribution in [0.1, 0.15) is 74.3 Å². The summed E-state index contributed by atoms with van der Waals surface area (Å²) in [4.78, 5) is 12.8. The quantitative estimate of drug-likeness (QED) is 0.681. The van der Waals surface area contributed by atoms with Crippen LogP contribution in [0.25, 0.3) is 0 Å². The van der Waals surface area contributed by atoms with Crippen LogP contribution in [0.3, 0.4) is 0 Å². The van der Waals surface area contributed by atoms with E-state index in [2.05, 4.69) is 41.5 Å². The van der Waals surface area contributed by atoms with Crippen molar-refractivity contribution in [2.24, 2.45) is 0 Å². The minimum atomic E-state index is -0.306. The molecule has 0 spiro atoms. The number of hydrogen-bond donors (Lipinski definition) is 0. The van der Waals surface area contributed by atoms with E-state index in [0.717, 1.165) is 33.8 Å². The van der Waals surface area contributed by atoms with Gasteiger partial charge in [-0.1, -0.05) is 27.7 Å². The van der Waals surface area contributed by atoms with Crippen molar-refractivity contribution in [2.75, 3.05) is 0 Å². The van der Waals surface area contributed by atoms with Gasteiger partial charge in [0.05, 0.1) is 12.5 Å². The molecule has 0 saturated carbocycles. The van der Waals surface area contributed by atoms with Crippen LogP contribution in [0.2, 0.25) is 0 Å². The van der Waals surface area contributed by atoms with E-state index in [9.17, 15) is 4.79 Å². The van der Waals surface area contributed by atoms with E-state index in [0.29, 0.717) is 12.8 Å². The minimum Gasteiger partial charge on any atom is -0.468 e. The van der Waals surface area contributed by atoms with Crippen molar-refractivity contribution in [3.8, 4) is 0 Å². The maximum atomic E-state index is 12.8. The van der Waals surface area contributed by atoms with Crippen LogP contribution in [0.15, 0.2) is 21.4 Å².